The van der Waals surface area contributed by atoms with Gasteiger partial charge in [-0.15, -0.1) is 12.4 Å². The van der Waals surface area contributed by atoms with Gasteiger partial charge in [0.15, 0.2) is 0 Å². The predicted octanol–water partition coefficient (Wildman–Crippen LogP) is 2.85. The molecule has 27 heavy (non-hydrogen) atoms. The maximum atomic E-state index is 12.5. The normalized spacial score (nSPS) is 22.6. The Bertz CT molecular complexity index is 733. The van der Waals surface area contributed by atoms with E-state index < -0.39 is 11.9 Å². The molecule has 1 saturated heterocycles. The zero-order chi connectivity index (χ0) is 18.5. The van der Waals surface area contributed by atoms with E-state index in [1.807, 2.05) is 18.2 Å². The van der Waals surface area contributed by atoms with Crippen LogP contribution in [0.2, 0.25) is 0 Å². The third-order valence-corrected chi connectivity index (χ3v) is 4.97. The number of rotatable bonds is 5. The highest BCUT2D eigenvalue weighted by molar-refractivity contribution is 5.94. The van der Waals surface area contributed by atoms with Gasteiger partial charge in [-0.25, -0.2) is 9.59 Å². The summed E-state index contributed by atoms with van der Waals surface area (Å²) < 4.78 is 5.73. The van der Waals surface area contributed by atoms with E-state index in [0.29, 0.717) is 5.57 Å². The number of hydrogen-bond acceptors (Lipinski definition) is 5. The molecule has 1 fully saturated rings. The Balaban J connectivity index is 0.00000261. The van der Waals surface area contributed by atoms with Gasteiger partial charge in [-0.1, -0.05) is 30.3 Å². The maximum absolute atomic E-state index is 12.5. The standard InChI is InChI=1S/C20H24N2O4.ClH/c1-14-18(8-5-9-22(14)13-15-6-3-2-4-7-15)26-20(25)17-10-16(19(23)24)11-21-12-17;/h2-4,6-7,11-12,14,18,21H,5,8-10,13H2,1H3,(H,23,24);1H/t14-,18?;/m1./s1. The number of esters is 1. The van der Waals surface area contributed by atoms with Crippen molar-refractivity contribution in [3.05, 3.63) is 59.4 Å². The van der Waals surface area contributed by atoms with Gasteiger partial charge in [0.2, 0.25) is 0 Å². The number of nitrogens with one attached hydrogen (secondary N) is 1. The fourth-order valence-corrected chi connectivity index (χ4v) is 3.41. The molecule has 2 aliphatic rings. The molecule has 3 rings (SSSR count). The Morgan fingerprint density at radius 1 is 1.22 bits per heavy atom. The van der Waals surface area contributed by atoms with E-state index in [1.165, 1.54) is 18.0 Å². The van der Waals surface area contributed by atoms with Crippen molar-refractivity contribution in [2.75, 3.05) is 6.54 Å². The molecule has 6 nitrogen and oxygen atoms in total. The van der Waals surface area contributed by atoms with Crippen molar-refractivity contribution < 1.29 is 19.4 Å². The zero-order valence-electron chi connectivity index (χ0n) is 15.3. The first-order chi connectivity index (χ1) is 12.5. The van der Waals surface area contributed by atoms with E-state index in [0.717, 1.165) is 25.9 Å². The zero-order valence-corrected chi connectivity index (χ0v) is 16.1. The summed E-state index contributed by atoms with van der Waals surface area (Å²) in [5.74, 6) is -1.47. The van der Waals surface area contributed by atoms with Crippen LogP contribution in [0.1, 0.15) is 31.7 Å². The second-order valence-electron chi connectivity index (χ2n) is 6.77. The lowest BCUT2D eigenvalue weighted by Gasteiger charge is -2.39. The second-order valence-corrected chi connectivity index (χ2v) is 6.77. The van der Waals surface area contributed by atoms with Crippen LogP contribution >= 0.6 is 12.4 Å². The van der Waals surface area contributed by atoms with Gasteiger partial charge in [-0.2, -0.15) is 0 Å². The average molecular weight is 393 g/mol. The number of piperidine rings is 1. The molecule has 7 heteroatoms. The van der Waals surface area contributed by atoms with E-state index in [4.69, 9.17) is 9.84 Å². The number of hydrogen-bond donors (Lipinski definition) is 2. The van der Waals surface area contributed by atoms with Crippen LogP contribution < -0.4 is 5.32 Å². The SMILES string of the molecule is C[C@@H]1C(OC(=O)C2=CNC=C(C(=O)O)C2)CCCN1Cc1ccccc1.Cl. The van der Waals surface area contributed by atoms with Gasteiger partial charge < -0.3 is 15.2 Å². The van der Waals surface area contributed by atoms with Crippen molar-refractivity contribution >= 4 is 24.3 Å². The van der Waals surface area contributed by atoms with Gasteiger partial charge in [-0.3, -0.25) is 4.90 Å². The van der Waals surface area contributed by atoms with Crippen molar-refractivity contribution in [2.45, 2.75) is 44.9 Å². The van der Waals surface area contributed by atoms with E-state index in [2.05, 4.69) is 29.3 Å². The van der Waals surface area contributed by atoms with Crippen molar-refractivity contribution in [2.24, 2.45) is 0 Å². The number of aliphatic carboxylic acids is 1. The molecule has 1 unspecified atom stereocenters. The molecular formula is C20H25ClN2O4. The summed E-state index contributed by atoms with van der Waals surface area (Å²) in [4.78, 5) is 25.9. The summed E-state index contributed by atoms with van der Waals surface area (Å²) in [7, 11) is 0. The molecule has 146 valence electrons. The van der Waals surface area contributed by atoms with Gasteiger partial charge in [0.1, 0.15) is 6.10 Å². The average Bonchev–Trinajstić information content (AvgIpc) is 2.66. The fourth-order valence-electron chi connectivity index (χ4n) is 3.41. The molecule has 0 spiro atoms. The highest BCUT2D eigenvalue weighted by Crippen LogP contribution is 2.24. The lowest BCUT2D eigenvalue weighted by molar-refractivity contribution is -0.150. The second kappa shape index (κ2) is 9.58. The summed E-state index contributed by atoms with van der Waals surface area (Å²) in [5, 5.41) is 11.8. The first-order valence-electron chi connectivity index (χ1n) is 8.91. The molecule has 0 amide bonds. The Morgan fingerprint density at radius 3 is 2.63 bits per heavy atom. The van der Waals surface area contributed by atoms with Crippen LogP contribution in [0.25, 0.3) is 0 Å². The highest BCUT2D eigenvalue weighted by Gasteiger charge is 2.32. The van der Waals surface area contributed by atoms with Crippen LogP contribution in [0.5, 0.6) is 0 Å². The van der Waals surface area contributed by atoms with Crippen molar-refractivity contribution in [1.29, 1.82) is 0 Å². The summed E-state index contributed by atoms with van der Waals surface area (Å²) >= 11 is 0. The topological polar surface area (TPSA) is 78.9 Å². The van der Waals surface area contributed by atoms with Crippen LogP contribution in [0, 0.1) is 0 Å². The van der Waals surface area contributed by atoms with Gasteiger partial charge in [0.25, 0.3) is 0 Å². The highest BCUT2D eigenvalue weighted by atomic mass is 35.5. The Morgan fingerprint density at radius 2 is 1.93 bits per heavy atom. The molecule has 1 aromatic rings. The Labute approximate surface area is 165 Å². The smallest absolute Gasteiger partial charge is 0.336 e. The number of likely N-dealkylation sites (tertiary alicyclic amines) is 1. The van der Waals surface area contributed by atoms with Gasteiger partial charge in [-0.05, 0) is 31.9 Å². The molecule has 0 radical (unpaired) electrons. The number of ether oxygens (including phenoxy) is 1. The molecule has 0 saturated carbocycles. The van der Waals surface area contributed by atoms with E-state index in [1.54, 1.807) is 0 Å². The van der Waals surface area contributed by atoms with E-state index in [9.17, 15) is 9.59 Å². The van der Waals surface area contributed by atoms with E-state index in [-0.39, 0.29) is 36.5 Å². The minimum Gasteiger partial charge on any atom is -0.478 e. The lowest BCUT2D eigenvalue weighted by Crippen LogP contribution is -2.47. The molecule has 2 atom stereocenters. The number of benzene rings is 1. The minimum atomic E-state index is -1.03. The van der Waals surface area contributed by atoms with Crippen LogP contribution in [-0.4, -0.2) is 40.6 Å². The van der Waals surface area contributed by atoms with Crippen molar-refractivity contribution in [1.82, 2.24) is 10.2 Å². The third kappa shape index (κ3) is 5.34. The summed E-state index contributed by atoms with van der Waals surface area (Å²) in [5.41, 5.74) is 1.74. The first kappa shape index (κ1) is 21.0. The van der Waals surface area contributed by atoms with Gasteiger partial charge >= 0.3 is 11.9 Å². The minimum absolute atomic E-state index is 0. The number of halogens is 1. The fraction of sp³-hybridized carbons (Fsp3) is 0.400. The van der Waals surface area contributed by atoms with E-state index >= 15 is 0 Å². The number of carboxylic acids is 1. The Kier molecular flexibility index (Phi) is 7.45. The van der Waals surface area contributed by atoms with Crippen LogP contribution in [0.4, 0.5) is 0 Å². The first-order valence-corrected chi connectivity index (χ1v) is 8.91. The predicted molar refractivity (Wildman–Crippen MR) is 104 cm³/mol. The van der Waals surface area contributed by atoms with Crippen LogP contribution in [-0.2, 0) is 20.9 Å². The quantitative estimate of drug-likeness (QED) is 0.750. The summed E-state index contributed by atoms with van der Waals surface area (Å²) in [6.07, 6.45) is 4.58. The molecule has 0 bridgehead atoms. The largest absolute Gasteiger partial charge is 0.478 e. The van der Waals surface area contributed by atoms with Crippen molar-refractivity contribution in [3.63, 3.8) is 0 Å². The number of dihydropyridines is 1. The number of carboxylic acid groups (broad SMARTS) is 1. The van der Waals surface area contributed by atoms with Crippen LogP contribution in [0.15, 0.2) is 53.9 Å². The number of nitrogens with zero attached hydrogens (tertiary/aromatic N) is 1. The molecular weight excluding hydrogens is 368 g/mol. The van der Waals surface area contributed by atoms with Gasteiger partial charge in [0.05, 0.1) is 11.1 Å². The maximum Gasteiger partial charge on any atom is 0.336 e. The molecule has 0 aromatic heterocycles. The van der Waals surface area contributed by atoms with Crippen molar-refractivity contribution in [3.8, 4) is 0 Å². The van der Waals surface area contributed by atoms with Crippen LogP contribution in [0.3, 0.4) is 0 Å². The molecule has 1 aromatic carbocycles. The van der Waals surface area contributed by atoms with Gasteiger partial charge in [0, 0.05) is 31.4 Å². The summed E-state index contributed by atoms with van der Waals surface area (Å²) in [6.45, 7) is 3.88. The number of carbonyl (C=O) groups excluding carboxylic acids is 1. The number of carbonyl (C=O) groups is 2. The molecule has 2 N–H and O–H groups in total. The Hall–Kier alpha value is -2.31. The molecule has 2 heterocycles. The third-order valence-electron chi connectivity index (χ3n) is 4.97. The summed E-state index contributed by atoms with van der Waals surface area (Å²) in [6, 6.07) is 10.4. The monoisotopic (exact) mass is 392 g/mol. The lowest BCUT2D eigenvalue weighted by atomic mass is 9.98. The molecule has 0 aliphatic carbocycles. The molecule has 2 aliphatic heterocycles.